The van der Waals surface area contributed by atoms with E-state index >= 15 is 0 Å². The molecule has 0 spiro atoms. The molecule has 20 heavy (non-hydrogen) atoms. The van der Waals surface area contributed by atoms with Gasteiger partial charge in [-0.25, -0.2) is 0 Å². The van der Waals surface area contributed by atoms with Crippen LogP contribution in [0.2, 0.25) is 0 Å². The van der Waals surface area contributed by atoms with Crippen molar-refractivity contribution in [3.8, 4) is 0 Å². The number of rotatable bonds is 7. The van der Waals surface area contributed by atoms with Crippen LogP contribution in [0.3, 0.4) is 0 Å². The smallest absolute Gasteiger partial charge is 0.325 e. The number of ether oxygens (including phenoxy) is 2. The Kier molecular flexibility index (Phi) is 5.52. The minimum atomic E-state index is -0.883. The first-order valence-electron chi connectivity index (χ1n) is 6.87. The van der Waals surface area contributed by atoms with E-state index in [2.05, 4.69) is 5.32 Å². The van der Waals surface area contributed by atoms with Gasteiger partial charge in [0, 0.05) is 20.3 Å². The Labute approximate surface area is 118 Å². The lowest BCUT2D eigenvalue weighted by Gasteiger charge is -2.20. The summed E-state index contributed by atoms with van der Waals surface area (Å²) in [5, 5.41) is 12.5. The van der Waals surface area contributed by atoms with E-state index in [0.29, 0.717) is 13.2 Å². The number of aliphatic carboxylic acids is 1. The second-order valence-electron chi connectivity index (χ2n) is 4.95. The Morgan fingerprint density at radius 2 is 2.35 bits per heavy atom. The van der Waals surface area contributed by atoms with Crippen molar-refractivity contribution in [2.75, 3.05) is 20.3 Å². The van der Waals surface area contributed by atoms with Crippen LogP contribution in [0.1, 0.15) is 30.0 Å². The van der Waals surface area contributed by atoms with E-state index in [1.807, 2.05) is 24.3 Å². The second kappa shape index (κ2) is 7.38. The summed E-state index contributed by atoms with van der Waals surface area (Å²) in [5.74, 6) is -0.883. The zero-order valence-electron chi connectivity index (χ0n) is 11.7. The molecule has 0 saturated carbocycles. The number of benzene rings is 1. The monoisotopic (exact) mass is 279 g/mol. The third kappa shape index (κ3) is 3.79. The molecule has 1 saturated heterocycles. The average molecular weight is 279 g/mol. The van der Waals surface area contributed by atoms with Gasteiger partial charge in [-0.15, -0.1) is 0 Å². The molecule has 1 fully saturated rings. The maximum atomic E-state index is 11.5. The third-order valence-corrected chi connectivity index (χ3v) is 3.49. The largest absolute Gasteiger partial charge is 0.480 e. The van der Waals surface area contributed by atoms with Crippen LogP contribution in [-0.2, 0) is 20.9 Å². The zero-order chi connectivity index (χ0) is 14.4. The summed E-state index contributed by atoms with van der Waals surface area (Å²) in [6.07, 6.45) is 2.15. The molecule has 110 valence electrons. The van der Waals surface area contributed by atoms with E-state index < -0.39 is 12.0 Å². The minimum absolute atomic E-state index is 0.117. The predicted octanol–water partition coefficient (Wildman–Crippen LogP) is 1.73. The van der Waals surface area contributed by atoms with Crippen molar-refractivity contribution in [2.45, 2.75) is 31.6 Å². The summed E-state index contributed by atoms with van der Waals surface area (Å²) < 4.78 is 10.6. The molecule has 0 bridgehead atoms. The molecular formula is C15H21NO4. The van der Waals surface area contributed by atoms with Gasteiger partial charge in [0.05, 0.1) is 12.7 Å². The summed E-state index contributed by atoms with van der Waals surface area (Å²) in [5.41, 5.74) is 1.64. The van der Waals surface area contributed by atoms with Crippen molar-refractivity contribution in [1.29, 1.82) is 0 Å². The number of hydrogen-bond donors (Lipinski definition) is 2. The number of carboxylic acid groups (broad SMARTS) is 1. The van der Waals surface area contributed by atoms with Gasteiger partial charge in [0.25, 0.3) is 0 Å². The fraction of sp³-hybridized carbons (Fsp3) is 0.533. The highest BCUT2D eigenvalue weighted by Crippen LogP contribution is 2.20. The van der Waals surface area contributed by atoms with Crippen LogP contribution in [0.5, 0.6) is 0 Å². The van der Waals surface area contributed by atoms with Gasteiger partial charge in [0.15, 0.2) is 0 Å². The molecule has 2 unspecified atom stereocenters. The molecule has 2 N–H and O–H groups in total. The Bertz CT molecular complexity index is 443. The van der Waals surface area contributed by atoms with Gasteiger partial charge in [-0.2, -0.15) is 0 Å². The third-order valence-electron chi connectivity index (χ3n) is 3.49. The highest BCUT2D eigenvalue weighted by molar-refractivity contribution is 5.76. The quantitative estimate of drug-likeness (QED) is 0.795. The first kappa shape index (κ1) is 15.0. The highest BCUT2D eigenvalue weighted by Gasteiger charge is 2.24. The molecule has 2 rings (SSSR count). The molecule has 1 aromatic carbocycles. The van der Waals surface area contributed by atoms with Crippen molar-refractivity contribution >= 4 is 5.97 Å². The molecule has 1 aromatic rings. The van der Waals surface area contributed by atoms with Gasteiger partial charge < -0.3 is 14.6 Å². The predicted molar refractivity (Wildman–Crippen MR) is 74.5 cm³/mol. The topological polar surface area (TPSA) is 67.8 Å². The van der Waals surface area contributed by atoms with Crippen molar-refractivity contribution in [3.05, 3.63) is 35.4 Å². The van der Waals surface area contributed by atoms with E-state index in [9.17, 15) is 9.90 Å². The Morgan fingerprint density at radius 3 is 3.00 bits per heavy atom. The van der Waals surface area contributed by atoms with Crippen LogP contribution < -0.4 is 5.32 Å². The van der Waals surface area contributed by atoms with Gasteiger partial charge in [0.1, 0.15) is 6.04 Å². The zero-order valence-corrected chi connectivity index (χ0v) is 11.7. The molecule has 1 heterocycles. The van der Waals surface area contributed by atoms with E-state index in [1.165, 1.54) is 0 Å². The lowest BCUT2D eigenvalue weighted by molar-refractivity contribution is -0.139. The van der Waals surface area contributed by atoms with Gasteiger partial charge in [-0.1, -0.05) is 24.3 Å². The summed E-state index contributed by atoms with van der Waals surface area (Å²) in [4.78, 5) is 11.5. The summed E-state index contributed by atoms with van der Waals surface area (Å²) in [6.45, 7) is 1.73. The van der Waals surface area contributed by atoms with Crippen LogP contribution in [0.15, 0.2) is 24.3 Å². The van der Waals surface area contributed by atoms with Crippen molar-refractivity contribution in [3.63, 3.8) is 0 Å². The molecule has 0 radical (unpaired) electrons. The van der Waals surface area contributed by atoms with E-state index in [-0.39, 0.29) is 6.10 Å². The normalized spacial score (nSPS) is 19.9. The number of nitrogens with one attached hydrogen (secondary N) is 1. The fourth-order valence-corrected chi connectivity index (χ4v) is 2.49. The van der Waals surface area contributed by atoms with Crippen LogP contribution in [0.4, 0.5) is 0 Å². The van der Waals surface area contributed by atoms with E-state index in [0.717, 1.165) is 30.6 Å². The first-order valence-corrected chi connectivity index (χ1v) is 6.87. The summed E-state index contributed by atoms with van der Waals surface area (Å²) in [7, 11) is 1.60. The maximum absolute atomic E-state index is 11.5. The molecule has 2 atom stereocenters. The van der Waals surface area contributed by atoms with Crippen molar-refractivity contribution in [2.24, 2.45) is 0 Å². The molecule has 5 nitrogen and oxygen atoms in total. The number of carbonyl (C=O) groups is 1. The highest BCUT2D eigenvalue weighted by atomic mass is 16.5. The van der Waals surface area contributed by atoms with Crippen LogP contribution in [0, 0.1) is 0 Å². The maximum Gasteiger partial charge on any atom is 0.325 e. The van der Waals surface area contributed by atoms with Crippen LogP contribution in [-0.4, -0.2) is 37.4 Å². The number of hydrogen-bond acceptors (Lipinski definition) is 4. The molecule has 1 aliphatic rings. The second-order valence-corrected chi connectivity index (χ2v) is 4.95. The van der Waals surface area contributed by atoms with Crippen molar-refractivity contribution in [1.82, 2.24) is 5.32 Å². The lowest BCUT2D eigenvalue weighted by atomic mass is 10.0. The Morgan fingerprint density at radius 1 is 1.55 bits per heavy atom. The SMILES string of the molecule is COCc1ccccc1C(NCC1CCCO1)C(=O)O. The summed E-state index contributed by atoms with van der Waals surface area (Å²) in [6, 6.07) is 6.72. The molecular weight excluding hydrogens is 258 g/mol. The van der Waals surface area contributed by atoms with E-state index in [1.54, 1.807) is 7.11 Å². The number of methoxy groups -OCH3 is 1. The van der Waals surface area contributed by atoms with Gasteiger partial charge in [-0.05, 0) is 24.0 Å². The van der Waals surface area contributed by atoms with Gasteiger partial charge in [-0.3, -0.25) is 10.1 Å². The molecule has 5 heteroatoms. The molecule has 0 aliphatic carbocycles. The standard InChI is InChI=1S/C15H21NO4/c1-19-10-11-5-2-3-7-13(11)14(15(17)18)16-9-12-6-4-8-20-12/h2-3,5,7,12,14,16H,4,6,8-10H2,1H3,(H,17,18). The Hall–Kier alpha value is -1.43. The molecule has 0 aromatic heterocycles. The van der Waals surface area contributed by atoms with Crippen LogP contribution in [0.25, 0.3) is 0 Å². The minimum Gasteiger partial charge on any atom is -0.480 e. The van der Waals surface area contributed by atoms with Crippen LogP contribution >= 0.6 is 0 Å². The first-order chi connectivity index (χ1) is 9.72. The van der Waals surface area contributed by atoms with E-state index in [4.69, 9.17) is 9.47 Å². The molecule has 1 aliphatic heterocycles. The Balaban J connectivity index is 2.09. The number of carboxylic acids is 1. The lowest BCUT2D eigenvalue weighted by Crippen LogP contribution is -2.35. The van der Waals surface area contributed by atoms with Crippen molar-refractivity contribution < 1.29 is 19.4 Å². The summed E-state index contributed by atoms with van der Waals surface area (Å²) >= 11 is 0. The fourth-order valence-electron chi connectivity index (χ4n) is 2.49. The molecule has 0 amide bonds. The van der Waals surface area contributed by atoms with Gasteiger partial charge >= 0.3 is 5.97 Å². The van der Waals surface area contributed by atoms with Gasteiger partial charge in [0.2, 0.25) is 0 Å². The average Bonchev–Trinajstić information content (AvgIpc) is 2.94.